The first-order chi connectivity index (χ1) is 10.3. The highest BCUT2D eigenvalue weighted by molar-refractivity contribution is 5.90. The molecule has 0 radical (unpaired) electrons. The number of aromatic nitrogens is 1. The highest BCUT2D eigenvalue weighted by Crippen LogP contribution is 2.19. The maximum absolute atomic E-state index is 11.9. The van der Waals surface area contributed by atoms with Crippen molar-refractivity contribution in [2.75, 3.05) is 5.32 Å². The number of hydrogen-bond donors (Lipinski definition) is 2. The lowest BCUT2D eigenvalue weighted by molar-refractivity contribution is -0.116. The van der Waals surface area contributed by atoms with Crippen LogP contribution in [0, 0.1) is 0 Å². The summed E-state index contributed by atoms with van der Waals surface area (Å²) in [6.45, 7) is 0. The molecule has 0 aliphatic carbocycles. The van der Waals surface area contributed by atoms with Gasteiger partial charge in [0.2, 0.25) is 5.91 Å². The molecule has 0 saturated heterocycles. The number of aromatic amines is 1. The van der Waals surface area contributed by atoms with Gasteiger partial charge in [-0.25, -0.2) is 0 Å². The van der Waals surface area contributed by atoms with Crippen molar-refractivity contribution >= 4 is 22.5 Å². The Balaban J connectivity index is 1.53. The normalized spacial score (nSPS) is 10.7. The maximum atomic E-state index is 11.9. The summed E-state index contributed by atoms with van der Waals surface area (Å²) in [6, 6.07) is 17.8. The highest BCUT2D eigenvalue weighted by Gasteiger charge is 2.05. The van der Waals surface area contributed by atoms with E-state index >= 15 is 0 Å². The van der Waals surface area contributed by atoms with Gasteiger partial charge in [0.05, 0.1) is 0 Å². The summed E-state index contributed by atoms with van der Waals surface area (Å²) in [4.78, 5) is 15.2. The van der Waals surface area contributed by atoms with Crippen molar-refractivity contribution in [3.05, 3.63) is 66.4 Å². The van der Waals surface area contributed by atoms with Crippen molar-refractivity contribution in [2.45, 2.75) is 19.3 Å². The van der Waals surface area contributed by atoms with Crippen LogP contribution >= 0.6 is 0 Å². The van der Waals surface area contributed by atoms with Crippen LogP contribution in [0.4, 0.5) is 5.69 Å². The van der Waals surface area contributed by atoms with E-state index in [4.69, 9.17) is 0 Å². The Kier molecular flexibility index (Phi) is 4.01. The molecule has 0 atom stereocenters. The van der Waals surface area contributed by atoms with Crippen molar-refractivity contribution in [2.24, 2.45) is 0 Å². The number of H-pyrrole nitrogens is 1. The molecule has 0 saturated carbocycles. The fourth-order valence-electron chi connectivity index (χ4n) is 2.52. The number of anilines is 1. The minimum Gasteiger partial charge on any atom is -0.361 e. The molecule has 0 aliphatic rings. The predicted molar refractivity (Wildman–Crippen MR) is 86.3 cm³/mol. The number of fused-ring (bicyclic) bond motifs is 1. The molecule has 1 amide bonds. The van der Waals surface area contributed by atoms with Crippen LogP contribution in [-0.4, -0.2) is 10.9 Å². The SMILES string of the molecule is O=C(CCCc1c[nH]c2ccccc12)Nc1ccccc1. The van der Waals surface area contributed by atoms with Gasteiger partial charge in [0, 0.05) is 29.2 Å². The molecule has 3 nitrogen and oxygen atoms in total. The number of amides is 1. The smallest absolute Gasteiger partial charge is 0.224 e. The van der Waals surface area contributed by atoms with Crippen molar-refractivity contribution in [3.63, 3.8) is 0 Å². The molecule has 3 rings (SSSR count). The Morgan fingerprint density at radius 2 is 1.76 bits per heavy atom. The van der Waals surface area contributed by atoms with E-state index in [0.717, 1.165) is 24.0 Å². The molecule has 0 fully saturated rings. The molecule has 0 bridgehead atoms. The number of para-hydroxylation sites is 2. The lowest BCUT2D eigenvalue weighted by atomic mass is 10.1. The van der Waals surface area contributed by atoms with Crippen LogP contribution in [-0.2, 0) is 11.2 Å². The first-order valence-electron chi connectivity index (χ1n) is 7.23. The van der Waals surface area contributed by atoms with Gasteiger partial charge in [-0.3, -0.25) is 4.79 Å². The molecule has 106 valence electrons. The predicted octanol–water partition coefficient (Wildman–Crippen LogP) is 4.13. The van der Waals surface area contributed by atoms with Gasteiger partial charge in [-0.1, -0.05) is 36.4 Å². The first kappa shape index (κ1) is 13.4. The molecule has 21 heavy (non-hydrogen) atoms. The lowest BCUT2D eigenvalue weighted by Gasteiger charge is -2.04. The van der Waals surface area contributed by atoms with Gasteiger partial charge in [-0.15, -0.1) is 0 Å². The van der Waals surface area contributed by atoms with E-state index in [2.05, 4.69) is 22.4 Å². The molecule has 2 aromatic carbocycles. The van der Waals surface area contributed by atoms with E-state index in [1.807, 2.05) is 48.7 Å². The number of rotatable bonds is 5. The summed E-state index contributed by atoms with van der Waals surface area (Å²) in [5.41, 5.74) is 3.29. The summed E-state index contributed by atoms with van der Waals surface area (Å²) in [6.07, 6.45) is 4.33. The second-order valence-electron chi connectivity index (χ2n) is 5.13. The Bertz CT molecular complexity index is 731. The number of nitrogens with one attached hydrogen (secondary N) is 2. The van der Waals surface area contributed by atoms with Gasteiger partial charge in [-0.05, 0) is 36.6 Å². The number of hydrogen-bond acceptors (Lipinski definition) is 1. The number of carbonyl (C=O) groups excluding carboxylic acids is 1. The number of carbonyl (C=O) groups is 1. The average molecular weight is 278 g/mol. The van der Waals surface area contributed by atoms with Gasteiger partial charge in [0.15, 0.2) is 0 Å². The summed E-state index contributed by atoms with van der Waals surface area (Å²) in [5, 5.41) is 4.16. The van der Waals surface area contributed by atoms with E-state index in [0.29, 0.717) is 6.42 Å². The molecular formula is C18H18N2O. The fourth-order valence-corrected chi connectivity index (χ4v) is 2.52. The zero-order valence-corrected chi connectivity index (χ0v) is 11.8. The summed E-state index contributed by atoms with van der Waals surface area (Å²) in [5.74, 6) is 0.0704. The van der Waals surface area contributed by atoms with E-state index in [1.165, 1.54) is 10.9 Å². The lowest BCUT2D eigenvalue weighted by Crippen LogP contribution is -2.11. The molecule has 1 aromatic heterocycles. The zero-order valence-electron chi connectivity index (χ0n) is 11.8. The quantitative estimate of drug-likeness (QED) is 0.724. The van der Waals surface area contributed by atoms with Crippen LogP contribution < -0.4 is 5.32 Å². The van der Waals surface area contributed by atoms with Crippen LogP contribution in [0.2, 0.25) is 0 Å². The average Bonchev–Trinajstić information content (AvgIpc) is 2.92. The standard InChI is InChI=1S/C18H18N2O/c21-18(20-15-8-2-1-3-9-15)12-6-7-14-13-19-17-11-5-4-10-16(14)17/h1-5,8-11,13,19H,6-7,12H2,(H,20,21). The molecule has 0 aliphatic heterocycles. The third-order valence-electron chi connectivity index (χ3n) is 3.58. The molecular weight excluding hydrogens is 260 g/mol. The van der Waals surface area contributed by atoms with E-state index in [9.17, 15) is 4.79 Å². The molecule has 1 heterocycles. The second-order valence-corrected chi connectivity index (χ2v) is 5.13. The molecule has 0 unspecified atom stereocenters. The van der Waals surface area contributed by atoms with E-state index in [1.54, 1.807) is 0 Å². The Hall–Kier alpha value is -2.55. The third-order valence-corrected chi connectivity index (χ3v) is 3.58. The number of benzene rings is 2. The van der Waals surface area contributed by atoms with Gasteiger partial charge in [-0.2, -0.15) is 0 Å². The van der Waals surface area contributed by atoms with Crippen molar-refractivity contribution < 1.29 is 4.79 Å². The fraction of sp³-hybridized carbons (Fsp3) is 0.167. The Labute approximate surface area is 124 Å². The van der Waals surface area contributed by atoms with Gasteiger partial charge in [0.1, 0.15) is 0 Å². The monoisotopic (exact) mass is 278 g/mol. The number of aryl methyl sites for hydroxylation is 1. The van der Waals surface area contributed by atoms with Crippen molar-refractivity contribution in [3.8, 4) is 0 Å². The van der Waals surface area contributed by atoms with Crippen LogP contribution in [0.15, 0.2) is 60.8 Å². The molecule has 3 aromatic rings. The van der Waals surface area contributed by atoms with Crippen LogP contribution in [0.3, 0.4) is 0 Å². The summed E-state index contributed by atoms with van der Waals surface area (Å²) >= 11 is 0. The third kappa shape index (κ3) is 3.31. The van der Waals surface area contributed by atoms with Crippen molar-refractivity contribution in [1.29, 1.82) is 0 Å². The largest absolute Gasteiger partial charge is 0.361 e. The summed E-state index contributed by atoms with van der Waals surface area (Å²) in [7, 11) is 0. The summed E-state index contributed by atoms with van der Waals surface area (Å²) < 4.78 is 0. The van der Waals surface area contributed by atoms with Crippen molar-refractivity contribution in [1.82, 2.24) is 4.98 Å². The maximum Gasteiger partial charge on any atom is 0.224 e. The minimum absolute atomic E-state index is 0.0704. The zero-order chi connectivity index (χ0) is 14.5. The topological polar surface area (TPSA) is 44.9 Å². The van der Waals surface area contributed by atoms with E-state index < -0.39 is 0 Å². The van der Waals surface area contributed by atoms with Crippen LogP contribution in [0.25, 0.3) is 10.9 Å². The molecule has 0 spiro atoms. The van der Waals surface area contributed by atoms with Gasteiger partial charge >= 0.3 is 0 Å². The first-order valence-corrected chi connectivity index (χ1v) is 7.23. The van der Waals surface area contributed by atoms with Gasteiger partial charge < -0.3 is 10.3 Å². The Morgan fingerprint density at radius 3 is 2.62 bits per heavy atom. The van der Waals surface area contributed by atoms with Crippen LogP contribution in [0.5, 0.6) is 0 Å². The molecule has 3 heteroatoms. The van der Waals surface area contributed by atoms with Crippen LogP contribution in [0.1, 0.15) is 18.4 Å². The van der Waals surface area contributed by atoms with Gasteiger partial charge in [0.25, 0.3) is 0 Å². The highest BCUT2D eigenvalue weighted by atomic mass is 16.1. The Morgan fingerprint density at radius 1 is 1.00 bits per heavy atom. The van der Waals surface area contributed by atoms with E-state index in [-0.39, 0.29) is 5.91 Å². The molecule has 2 N–H and O–H groups in total. The second kappa shape index (κ2) is 6.27. The minimum atomic E-state index is 0.0704.